The van der Waals surface area contributed by atoms with Crippen LogP contribution in [-0.4, -0.2) is 17.3 Å². The minimum absolute atomic E-state index is 0.0270. The maximum atomic E-state index is 9.71. The van der Waals surface area contributed by atoms with Crippen molar-refractivity contribution in [3.05, 3.63) is 80.3 Å². The molecule has 7 nitrogen and oxygen atoms in total. The molecule has 3 aromatic rings. The molecular weight excluding hydrogens is 439 g/mol. The van der Waals surface area contributed by atoms with Crippen LogP contribution in [0.25, 0.3) is 0 Å². The summed E-state index contributed by atoms with van der Waals surface area (Å²) in [5, 5.41) is 17.8. The Morgan fingerprint density at radius 3 is 2.65 bits per heavy atom. The fourth-order valence-corrected chi connectivity index (χ4v) is 4.04. The summed E-state index contributed by atoms with van der Waals surface area (Å²) in [5.74, 6) is 0.930. The van der Waals surface area contributed by atoms with Crippen molar-refractivity contribution in [2.45, 2.75) is 19.4 Å². The van der Waals surface area contributed by atoms with Gasteiger partial charge in [-0.05, 0) is 36.8 Å². The largest absolute Gasteiger partial charge is 0.493 e. The Hall–Kier alpha value is -3.34. The third-order valence-electron chi connectivity index (χ3n) is 5.08. The SMILES string of the molecule is COc1cc([C@H]2C(C#N)=C(N)Oc3n[nH]c(C)c32)ccc1OCc1c(Cl)cccc1Cl. The summed E-state index contributed by atoms with van der Waals surface area (Å²) in [6, 6.07) is 12.9. The predicted molar refractivity (Wildman–Crippen MR) is 116 cm³/mol. The van der Waals surface area contributed by atoms with Gasteiger partial charge in [0.25, 0.3) is 0 Å². The van der Waals surface area contributed by atoms with Crippen LogP contribution in [0, 0.1) is 18.3 Å². The number of nitrogens with two attached hydrogens (primary N) is 1. The Morgan fingerprint density at radius 2 is 1.97 bits per heavy atom. The molecular formula is C22H18Cl2N4O3. The molecule has 0 bridgehead atoms. The molecule has 0 unspecified atom stereocenters. The molecule has 1 aliphatic rings. The second-order valence-corrected chi connectivity index (χ2v) is 7.71. The first-order chi connectivity index (χ1) is 14.9. The lowest BCUT2D eigenvalue weighted by Gasteiger charge is -2.24. The van der Waals surface area contributed by atoms with Crippen LogP contribution in [0.1, 0.15) is 28.3 Å². The Bertz CT molecular complexity index is 1210. The minimum Gasteiger partial charge on any atom is -0.493 e. The Kier molecular flexibility index (Phi) is 5.68. The molecule has 3 N–H and O–H groups in total. The number of fused-ring (bicyclic) bond motifs is 1. The van der Waals surface area contributed by atoms with Crippen LogP contribution >= 0.6 is 23.2 Å². The normalized spacial score (nSPS) is 15.1. The summed E-state index contributed by atoms with van der Waals surface area (Å²) < 4.78 is 17.0. The van der Waals surface area contributed by atoms with Gasteiger partial charge in [0.2, 0.25) is 11.8 Å². The van der Waals surface area contributed by atoms with E-state index in [-0.39, 0.29) is 12.5 Å². The average Bonchev–Trinajstić information content (AvgIpc) is 3.12. The van der Waals surface area contributed by atoms with Crippen LogP contribution in [-0.2, 0) is 6.61 Å². The molecule has 0 aliphatic carbocycles. The van der Waals surface area contributed by atoms with Crippen molar-refractivity contribution in [3.8, 4) is 23.4 Å². The van der Waals surface area contributed by atoms with E-state index < -0.39 is 5.92 Å². The van der Waals surface area contributed by atoms with E-state index in [1.165, 1.54) is 0 Å². The molecule has 0 fully saturated rings. The zero-order chi connectivity index (χ0) is 22.1. The molecule has 0 spiro atoms. The lowest BCUT2D eigenvalue weighted by molar-refractivity contribution is 0.284. The molecule has 0 saturated heterocycles. The topological polar surface area (TPSA) is 106 Å². The van der Waals surface area contributed by atoms with Gasteiger partial charge < -0.3 is 19.9 Å². The smallest absolute Gasteiger partial charge is 0.244 e. The Labute approximate surface area is 188 Å². The fraction of sp³-hybridized carbons (Fsp3) is 0.182. The van der Waals surface area contributed by atoms with Crippen molar-refractivity contribution in [1.29, 1.82) is 5.26 Å². The van der Waals surface area contributed by atoms with Crippen molar-refractivity contribution in [2.75, 3.05) is 7.11 Å². The third-order valence-corrected chi connectivity index (χ3v) is 5.79. The zero-order valence-electron chi connectivity index (χ0n) is 16.7. The first kappa shape index (κ1) is 20.9. The van der Waals surface area contributed by atoms with E-state index in [1.54, 1.807) is 37.4 Å². The van der Waals surface area contributed by atoms with Crippen molar-refractivity contribution in [3.63, 3.8) is 0 Å². The summed E-state index contributed by atoms with van der Waals surface area (Å²) >= 11 is 12.5. The van der Waals surface area contributed by atoms with E-state index in [4.69, 9.17) is 43.1 Å². The number of nitrogens with one attached hydrogen (secondary N) is 1. The molecule has 31 heavy (non-hydrogen) atoms. The highest BCUT2D eigenvalue weighted by Crippen LogP contribution is 2.44. The number of halogens is 2. The minimum atomic E-state index is -0.450. The van der Waals surface area contributed by atoms with E-state index in [0.29, 0.717) is 38.6 Å². The number of aromatic nitrogens is 2. The fourth-order valence-electron chi connectivity index (χ4n) is 3.54. The number of aryl methyl sites for hydroxylation is 1. The van der Waals surface area contributed by atoms with E-state index in [2.05, 4.69) is 16.3 Å². The second kappa shape index (κ2) is 8.42. The molecule has 1 atom stereocenters. The summed E-state index contributed by atoms with van der Waals surface area (Å²) in [7, 11) is 1.54. The number of benzene rings is 2. The predicted octanol–water partition coefficient (Wildman–Crippen LogP) is 4.83. The van der Waals surface area contributed by atoms with Gasteiger partial charge in [0.15, 0.2) is 11.5 Å². The van der Waals surface area contributed by atoms with E-state index >= 15 is 0 Å². The van der Waals surface area contributed by atoms with Crippen LogP contribution in [0.15, 0.2) is 47.9 Å². The molecule has 0 saturated carbocycles. The van der Waals surface area contributed by atoms with Crippen LogP contribution in [0.3, 0.4) is 0 Å². The van der Waals surface area contributed by atoms with Gasteiger partial charge in [-0.2, -0.15) is 5.26 Å². The van der Waals surface area contributed by atoms with Gasteiger partial charge in [-0.25, -0.2) is 0 Å². The highest BCUT2D eigenvalue weighted by molar-refractivity contribution is 6.35. The molecule has 9 heteroatoms. The Balaban J connectivity index is 1.70. The standard InChI is InChI=1S/C22H18Cl2N4O3/c1-11-19-20(13(9-25)21(26)31-22(19)28-27-11)12-6-7-17(18(8-12)29-2)30-10-14-15(23)4-3-5-16(14)24/h3-8,20H,10,26H2,1-2H3,(H,27,28)/t20-/m0/s1. The number of rotatable bonds is 5. The Morgan fingerprint density at radius 1 is 1.23 bits per heavy atom. The highest BCUT2D eigenvalue weighted by atomic mass is 35.5. The first-order valence-electron chi connectivity index (χ1n) is 9.30. The van der Waals surface area contributed by atoms with Crippen LogP contribution in [0.5, 0.6) is 17.4 Å². The number of allylic oxidation sites excluding steroid dienone is 1. The number of H-pyrrole nitrogens is 1. The summed E-state index contributed by atoms with van der Waals surface area (Å²) in [5.41, 5.74) is 9.29. The van der Waals surface area contributed by atoms with E-state index in [9.17, 15) is 5.26 Å². The molecule has 0 amide bonds. The van der Waals surface area contributed by atoms with Crippen molar-refractivity contribution in [1.82, 2.24) is 10.2 Å². The summed E-state index contributed by atoms with van der Waals surface area (Å²) in [6.07, 6.45) is 0. The number of nitrogens with zero attached hydrogens (tertiary/aromatic N) is 2. The van der Waals surface area contributed by atoms with Crippen molar-refractivity contribution < 1.29 is 14.2 Å². The number of hydrogen-bond donors (Lipinski definition) is 2. The van der Waals surface area contributed by atoms with Gasteiger partial charge in [0.1, 0.15) is 18.2 Å². The molecule has 158 valence electrons. The quantitative estimate of drug-likeness (QED) is 0.569. The number of methoxy groups -OCH3 is 1. The maximum absolute atomic E-state index is 9.71. The molecule has 4 rings (SSSR count). The number of hydrogen-bond acceptors (Lipinski definition) is 6. The number of aromatic amines is 1. The van der Waals surface area contributed by atoms with Crippen molar-refractivity contribution >= 4 is 23.2 Å². The van der Waals surface area contributed by atoms with Crippen LogP contribution in [0.2, 0.25) is 10.0 Å². The summed E-state index contributed by atoms with van der Waals surface area (Å²) in [4.78, 5) is 0. The van der Waals surface area contributed by atoms with Gasteiger partial charge in [0, 0.05) is 26.9 Å². The van der Waals surface area contributed by atoms with Gasteiger partial charge in [0.05, 0.1) is 13.0 Å². The molecule has 1 aromatic heterocycles. The van der Waals surface area contributed by atoms with Gasteiger partial charge in [-0.3, -0.25) is 5.10 Å². The highest BCUT2D eigenvalue weighted by Gasteiger charge is 2.34. The zero-order valence-corrected chi connectivity index (χ0v) is 18.2. The summed E-state index contributed by atoms with van der Waals surface area (Å²) in [6.45, 7) is 2.04. The second-order valence-electron chi connectivity index (χ2n) is 6.89. The van der Waals surface area contributed by atoms with E-state index in [1.807, 2.05) is 13.0 Å². The monoisotopic (exact) mass is 456 g/mol. The molecule has 1 aliphatic heterocycles. The molecule has 2 aromatic carbocycles. The maximum Gasteiger partial charge on any atom is 0.244 e. The van der Waals surface area contributed by atoms with Gasteiger partial charge >= 0.3 is 0 Å². The first-order valence-corrected chi connectivity index (χ1v) is 10.1. The molecule has 0 radical (unpaired) electrons. The van der Waals surface area contributed by atoms with Crippen molar-refractivity contribution in [2.24, 2.45) is 5.73 Å². The lowest BCUT2D eigenvalue weighted by Crippen LogP contribution is -2.21. The number of nitriles is 1. The van der Waals surface area contributed by atoms with Gasteiger partial charge in [-0.15, -0.1) is 5.10 Å². The van der Waals surface area contributed by atoms with Crippen LogP contribution in [0.4, 0.5) is 0 Å². The average molecular weight is 457 g/mol. The van der Waals surface area contributed by atoms with E-state index in [0.717, 1.165) is 16.8 Å². The third kappa shape index (κ3) is 3.76. The van der Waals surface area contributed by atoms with Crippen LogP contribution < -0.4 is 19.9 Å². The lowest BCUT2D eigenvalue weighted by atomic mass is 9.84. The van der Waals surface area contributed by atoms with Gasteiger partial charge in [-0.1, -0.05) is 35.3 Å². The number of ether oxygens (including phenoxy) is 3. The molecule has 2 heterocycles.